The van der Waals surface area contributed by atoms with Crippen molar-refractivity contribution in [3.05, 3.63) is 0 Å². The third-order valence-corrected chi connectivity index (χ3v) is 10.6. The van der Waals surface area contributed by atoms with Gasteiger partial charge >= 0.3 is 11.9 Å². The molecule has 0 heterocycles. The quantitative estimate of drug-likeness (QED) is 0.0341. The van der Waals surface area contributed by atoms with Crippen molar-refractivity contribution in [1.29, 1.82) is 0 Å². The van der Waals surface area contributed by atoms with Crippen molar-refractivity contribution in [3.63, 3.8) is 0 Å². The van der Waals surface area contributed by atoms with E-state index in [9.17, 15) is 51.7 Å². The first-order valence-electron chi connectivity index (χ1n) is 13.8. The lowest BCUT2D eigenvalue weighted by atomic mass is 10.1. The topological polar surface area (TPSA) is 339 Å². The Morgan fingerprint density at radius 1 is 0.723 bits per heavy atom. The van der Waals surface area contributed by atoms with Gasteiger partial charge in [-0.25, -0.2) is 34.7 Å². The summed E-state index contributed by atoms with van der Waals surface area (Å²) in [4.78, 5) is 20.6. The van der Waals surface area contributed by atoms with Crippen LogP contribution in [0.3, 0.4) is 0 Å². The fourth-order valence-electron chi connectivity index (χ4n) is 2.80. The smallest absolute Gasteiger partial charge is 0.306 e. The highest BCUT2D eigenvalue weighted by molar-refractivity contribution is 7.91. The number of unbranched alkanes of at least 4 members (excludes halogenated alkanes) is 1. The highest BCUT2D eigenvalue weighted by atomic mass is 32.2. The number of sulfone groups is 1. The lowest BCUT2D eigenvalue weighted by molar-refractivity contribution is -0.142. The first-order valence-corrected chi connectivity index (χ1v) is 22.3. The summed E-state index contributed by atoms with van der Waals surface area (Å²) in [6.07, 6.45) is 0.726. The average Bonchev–Trinajstić information content (AvgIpc) is 2.85. The molecule has 0 amide bonds. The van der Waals surface area contributed by atoms with Crippen molar-refractivity contribution in [1.82, 2.24) is 9.44 Å². The Labute approximate surface area is 277 Å². The minimum atomic E-state index is -4.39. The van der Waals surface area contributed by atoms with Crippen molar-refractivity contribution < 1.29 is 80.8 Å². The van der Waals surface area contributed by atoms with E-state index in [1.807, 2.05) is 9.44 Å². The number of esters is 1. The summed E-state index contributed by atoms with van der Waals surface area (Å²) >= 11 is 0. The van der Waals surface area contributed by atoms with Crippen LogP contribution in [0.1, 0.15) is 52.9 Å². The monoisotopic (exact) mass is 788 g/mol. The van der Waals surface area contributed by atoms with E-state index < -0.39 is 105 Å². The van der Waals surface area contributed by atoms with E-state index in [0.717, 1.165) is 25.5 Å². The average molecular weight is 789 g/mol. The van der Waals surface area contributed by atoms with Crippen molar-refractivity contribution >= 4 is 62.1 Å². The Balaban J connectivity index is -0.000000658. The van der Waals surface area contributed by atoms with E-state index >= 15 is 0 Å². The molecule has 0 spiro atoms. The van der Waals surface area contributed by atoms with E-state index in [4.69, 9.17) is 24.4 Å². The first kappa shape index (κ1) is 49.8. The Morgan fingerprint density at radius 3 is 1.45 bits per heavy atom. The van der Waals surface area contributed by atoms with Gasteiger partial charge in [0.25, 0.3) is 20.2 Å². The number of sulfonamides is 2. The van der Waals surface area contributed by atoms with Crippen molar-refractivity contribution in [2.75, 3.05) is 54.7 Å². The van der Waals surface area contributed by atoms with Crippen LogP contribution in [0.4, 0.5) is 0 Å². The summed E-state index contributed by atoms with van der Waals surface area (Å²) in [5.41, 5.74) is 0. The number of hydrogen-bond acceptors (Lipinski definition) is 15. The Hall–Kier alpha value is -1.55. The molecule has 0 aliphatic rings. The predicted octanol–water partition coefficient (Wildman–Crippen LogP) is -2.41. The molecule has 0 fully saturated rings. The molecule has 3 atom stereocenters. The van der Waals surface area contributed by atoms with Crippen LogP contribution in [0, 0.1) is 5.92 Å². The summed E-state index contributed by atoms with van der Waals surface area (Å²) < 4.78 is 134. The van der Waals surface area contributed by atoms with Crippen molar-refractivity contribution in [2.45, 2.75) is 65.1 Å². The van der Waals surface area contributed by atoms with Crippen LogP contribution in [0.5, 0.6) is 0 Å². The zero-order valence-corrected chi connectivity index (χ0v) is 30.6. The van der Waals surface area contributed by atoms with E-state index in [1.54, 1.807) is 6.92 Å². The maximum absolute atomic E-state index is 11.4. The molecule has 0 aromatic heterocycles. The van der Waals surface area contributed by atoms with Gasteiger partial charge < -0.3 is 20.1 Å². The van der Waals surface area contributed by atoms with Crippen LogP contribution in [0.25, 0.3) is 0 Å². The van der Waals surface area contributed by atoms with Crippen molar-refractivity contribution in [3.8, 4) is 0 Å². The summed E-state index contributed by atoms with van der Waals surface area (Å²) in [7, 11) is -19.5. The molecule has 0 saturated heterocycles. The Bertz CT molecular complexity index is 1460. The minimum Gasteiger partial charge on any atom is -0.481 e. The molecule has 0 radical (unpaired) electrons. The molecular weight excluding hydrogens is 741 g/mol. The third kappa shape index (κ3) is 40.5. The molecule has 20 nitrogen and oxygen atoms in total. The van der Waals surface area contributed by atoms with Crippen LogP contribution in [0.2, 0.25) is 0 Å². The molecule has 0 aromatic rings. The summed E-state index contributed by atoms with van der Waals surface area (Å²) in [6.45, 7) is 3.84. The second-order valence-corrected chi connectivity index (χ2v) is 19.3. The largest absolute Gasteiger partial charge is 0.481 e. The third-order valence-electron chi connectivity index (χ3n) is 5.09. The molecule has 0 saturated carbocycles. The number of aliphatic hydroxyl groups is 2. The standard InChI is InChI=1S/C8H17NO8S2.C7H17NO8S3.C7H14O2/c1-7(10)17-3-2-4-18(12,13)9-5-8(11)6-19(14,15)16;1-17(10,11)3-2-4-18(12,13)8-5-7(9)6-19(14,15)16;1-3-4-5-6(2)7(8)9/h8-9,11H,2-6H2,1H3,(H,14,15,16);7-9H,2-6H2,1H3,(H,14,15,16);6H,3-5H2,1-2H3,(H,8,9). The minimum absolute atomic E-state index is 0.0518. The van der Waals surface area contributed by atoms with Gasteiger partial charge in [0.2, 0.25) is 20.0 Å². The van der Waals surface area contributed by atoms with Crippen LogP contribution in [-0.2, 0) is 64.4 Å². The van der Waals surface area contributed by atoms with E-state index in [1.165, 1.54) is 6.92 Å². The van der Waals surface area contributed by atoms with E-state index in [0.29, 0.717) is 0 Å². The number of hydrogen-bond donors (Lipinski definition) is 7. The van der Waals surface area contributed by atoms with Gasteiger partial charge in [-0.3, -0.25) is 18.7 Å². The van der Waals surface area contributed by atoms with Gasteiger partial charge in [-0.05, 0) is 19.3 Å². The molecular formula is C22H48N2O18S5. The molecule has 0 bridgehead atoms. The first-order chi connectivity index (χ1) is 21.0. The van der Waals surface area contributed by atoms with E-state index in [2.05, 4.69) is 11.7 Å². The lowest BCUT2D eigenvalue weighted by Crippen LogP contribution is -2.37. The fraction of sp³-hybridized carbons (Fsp3) is 0.909. The van der Waals surface area contributed by atoms with Gasteiger partial charge in [0.15, 0.2) is 0 Å². The number of carboxylic acids is 1. The molecule has 47 heavy (non-hydrogen) atoms. The number of ether oxygens (including phenoxy) is 1. The predicted molar refractivity (Wildman–Crippen MR) is 170 cm³/mol. The second-order valence-electron chi connectivity index (χ2n) is 10.2. The van der Waals surface area contributed by atoms with Gasteiger partial charge in [-0.2, -0.15) is 16.8 Å². The van der Waals surface area contributed by atoms with Crippen LogP contribution in [-0.4, -0.2) is 145 Å². The zero-order valence-electron chi connectivity index (χ0n) is 26.5. The van der Waals surface area contributed by atoms with E-state index in [-0.39, 0.29) is 36.9 Å². The van der Waals surface area contributed by atoms with Crippen LogP contribution < -0.4 is 9.44 Å². The molecule has 3 unspecified atom stereocenters. The normalized spacial score (nSPS) is 14.4. The molecule has 0 aromatic carbocycles. The Morgan fingerprint density at radius 2 is 1.13 bits per heavy atom. The molecule has 284 valence electrons. The van der Waals surface area contributed by atoms with Gasteiger partial charge in [0.1, 0.15) is 21.3 Å². The van der Waals surface area contributed by atoms with Crippen molar-refractivity contribution in [2.24, 2.45) is 5.92 Å². The molecule has 0 aliphatic heterocycles. The fourth-order valence-corrected chi connectivity index (χ4v) is 7.07. The highest BCUT2D eigenvalue weighted by Crippen LogP contribution is 2.06. The van der Waals surface area contributed by atoms with Crippen LogP contribution in [0.15, 0.2) is 0 Å². The van der Waals surface area contributed by atoms with Gasteiger partial charge in [0, 0.05) is 26.3 Å². The summed E-state index contributed by atoms with van der Waals surface area (Å²) in [6, 6.07) is 0. The molecule has 25 heteroatoms. The summed E-state index contributed by atoms with van der Waals surface area (Å²) in [5, 5.41) is 26.7. The second kappa shape index (κ2) is 23.7. The number of rotatable bonds is 22. The molecule has 0 rings (SSSR count). The SMILES string of the molecule is CC(=O)OCCCS(=O)(=O)NCC(O)CS(=O)(=O)O.CCCCC(C)C(=O)O.CS(=O)(=O)CCCS(=O)(=O)NCC(O)CS(=O)(=O)O. The van der Waals surface area contributed by atoms with Gasteiger partial charge in [0.05, 0.1) is 42.0 Å². The Kier molecular flexibility index (Phi) is 25.2. The maximum atomic E-state index is 11.4. The van der Waals surface area contributed by atoms with Crippen LogP contribution >= 0.6 is 0 Å². The van der Waals surface area contributed by atoms with Gasteiger partial charge in [-0.15, -0.1) is 0 Å². The summed E-state index contributed by atoms with van der Waals surface area (Å²) in [5.74, 6) is -4.39. The molecule has 7 N–H and O–H groups in total. The number of aliphatic hydroxyl groups excluding tert-OH is 2. The molecule has 0 aliphatic carbocycles. The highest BCUT2D eigenvalue weighted by Gasteiger charge is 2.19. The number of nitrogens with one attached hydrogen (secondary N) is 2. The van der Waals surface area contributed by atoms with Gasteiger partial charge in [-0.1, -0.05) is 26.7 Å². The number of carbonyl (C=O) groups is 2. The zero-order chi connectivity index (χ0) is 37.7. The number of aliphatic carboxylic acids is 1. The number of carbonyl (C=O) groups excluding carboxylic acids is 1. The maximum Gasteiger partial charge on any atom is 0.306 e. The number of carboxylic acid groups (broad SMARTS) is 1. The lowest BCUT2D eigenvalue weighted by Gasteiger charge is -2.10.